The van der Waals surface area contributed by atoms with Crippen LogP contribution in [0.25, 0.3) is 0 Å². The van der Waals surface area contributed by atoms with Gasteiger partial charge in [-0.15, -0.1) is 0 Å². The number of carbonyl (C=O) groups is 2. The number of aryl methyl sites for hydroxylation is 2. The number of ether oxygens (including phenoxy) is 4. The molecule has 1 fully saturated rings. The van der Waals surface area contributed by atoms with Crippen molar-refractivity contribution in [2.24, 2.45) is 5.92 Å². The molecule has 4 unspecified atom stereocenters. The number of rotatable bonds is 6. The normalized spacial score (nSPS) is 24.6. The van der Waals surface area contributed by atoms with Crippen molar-refractivity contribution in [3.05, 3.63) is 40.8 Å². The topological polar surface area (TPSA) is 71.1 Å². The number of hydrogen-bond donors (Lipinski definition) is 0. The number of Topliss-reactive ketones (excluding diaryl/α,β-unsaturated/α-hetero) is 1. The predicted molar refractivity (Wildman–Crippen MR) is 112 cm³/mol. The van der Waals surface area contributed by atoms with Crippen molar-refractivity contribution in [2.75, 3.05) is 0 Å². The Hall–Kier alpha value is -2.34. The molecule has 1 aromatic rings. The highest BCUT2D eigenvalue weighted by atomic mass is 16.6. The third-order valence-corrected chi connectivity index (χ3v) is 5.74. The van der Waals surface area contributed by atoms with Gasteiger partial charge in [0.25, 0.3) is 0 Å². The maximum atomic E-state index is 13.0. The SMILES string of the molecule is Cc1cc(C)c(C)c(OC2=COC3CC(OC(C)C(=O)OC(C)C)CCC3C2=O)c1. The third kappa shape index (κ3) is 5.04. The first-order valence-corrected chi connectivity index (χ1v) is 10.7. The number of carbonyl (C=O) groups excluding carboxylic acids is 2. The molecule has 164 valence electrons. The molecule has 1 aromatic carbocycles. The van der Waals surface area contributed by atoms with Gasteiger partial charge in [0.05, 0.1) is 18.1 Å². The minimum atomic E-state index is -0.643. The van der Waals surface area contributed by atoms with E-state index >= 15 is 0 Å². The lowest BCUT2D eigenvalue weighted by molar-refractivity contribution is -0.168. The second-order valence-corrected chi connectivity index (χ2v) is 8.63. The van der Waals surface area contributed by atoms with Crippen LogP contribution in [0, 0.1) is 26.7 Å². The van der Waals surface area contributed by atoms with E-state index < -0.39 is 6.10 Å². The molecular weight excluding hydrogens is 384 g/mol. The molecule has 30 heavy (non-hydrogen) atoms. The summed E-state index contributed by atoms with van der Waals surface area (Å²) < 4.78 is 22.9. The summed E-state index contributed by atoms with van der Waals surface area (Å²) in [6, 6.07) is 4.02. The number of hydrogen-bond acceptors (Lipinski definition) is 6. The lowest BCUT2D eigenvalue weighted by Crippen LogP contribution is -2.44. The van der Waals surface area contributed by atoms with Crippen LogP contribution in [-0.2, 0) is 23.8 Å². The first-order valence-electron chi connectivity index (χ1n) is 10.7. The van der Waals surface area contributed by atoms with Gasteiger partial charge in [-0.1, -0.05) is 6.07 Å². The van der Waals surface area contributed by atoms with Crippen LogP contribution < -0.4 is 4.74 Å². The lowest BCUT2D eigenvalue weighted by atomic mass is 9.80. The molecule has 1 aliphatic heterocycles. The van der Waals surface area contributed by atoms with E-state index in [0.29, 0.717) is 25.0 Å². The van der Waals surface area contributed by atoms with Gasteiger partial charge in [-0.2, -0.15) is 0 Å². The predicted octanol–water partition coefficient (Wildman–Crippen LogP) is 4.33. The summed E-state index contributed by atoms with van der Waals surface area (Å²) >= 11 is 0. The molecule has 0 N–H and O–H groups in total. The first kappa shape index (κ1) is 22.3. The van der Waals surface area contributed by atoms with E-state index in [4.69, 9.17) is 18.9 Å². The molecule has 0 saturated heterocycles. The molecule has 3 rings (SSSR count). The summed E-state index contributed by atoms with van der Waals surface area (Å²) in [5, 5.41) is 0. The fourth-order valence-corrected chi connectivity index (χ4v) is 4.03. The van der Waals surface area contributed by atoms with E-state index in [1.54, 1.807) is 6.92 Å². The van der Waals surface area contributed by atoms with Gasteiger partial charge in [0, 0.05) is 6.42 Å². The molecule has 1 aliphatic carbocycles. The minimum absolute atomic E-state index is 0.0319. The van der Waals surface area contributed by atoms with Crippen LogP contribution in [-0.4, -0.2) is 36.2 Å². The second-order valence-electron chi connectivity index (χ2n) is 8.63. The van der Waals surface area contributed by atoms with Gasteiger partial charge in [0.1, 0.15) is 18.1 Å². The van der Waals surface area contributed by atoms with Crippen LogP contribution in [0.4, 0.5) is 0 Å². The van der Waals surface area contributed by atoms with Crippen molar-refractivity contribution in [3.8, 4) is 5.75 Å². The summed E-state index contributed by atoms with van der Waals surface area (Å²) in [5.74, 6) is 0.276. The van der Waals surface area contributed by atoms with Gasteiger partial charge in [-0.05, 0) is 77.1 Å². The van der Waals surface area contributed by atoms with Crippen molar-refractivity contribution >= 4 is 11.8 Å². The largest absolute Gasteiger partial charge is 0.493 e. The van der Waals surface area contributed by atoms with E-state index in [1.165, 1.54) is 6.26 Å². The summed E-state index contributed by atoms with van der Waals surface area (Å²) in [4.78, 5) is 25.0. The van der Waals surface area contributed by atoms with E-state index in [-0.39, 0.29) is 41.7 Å². The molecule has 0 radical (unpaired) electrons. The Morgan fingerprint density at radius 2 is 1.87 bits per heavy atom. The molecule has 4 atom stereocenters. The van der Waals surface area contributed by atoms with Gasteiger partial charge in [0.2, 0.25) is 11.5 Å². The van der Waals surface area contributed by atoms with Crippen LogP contribution in [0.2, 0.25) is 0 Å². The van der Waals surface area contributed by atoms with Crippen molar-refractivity contribution in [1.82, 2.24) is 0 Å². The van der Waals surface area contributed by atoms with Gasteiger partial charge in [-0.3, -0.25) is 4.79 Å². The Bertz CT molecular complexity index is 840. The smallest absolute Gasteiger partial charge is 0.335 e. The molecule has 6 nitrogen and oxygen atoms in total. The van der Waals surface area contributed by atoms with E-state index in [0.717, 1.165) is 16.7 Å². The highest BCUT2D eigenvalue weighted by Gasteiger charge is 2.42. The molecule has 1 saturated carbocycles. The third-order valence-electron chi connectivity index (χ3n) is 5.74. The first-order chi connectivity index (χ1) is 14.2. The van der Waals surface area contributed by atoms with E-state index in [9.17, 15) is 9.59 Å². The maximum absolute atomic E-state index is 13.0. The van der Waals surface area contributed by atoms with Crippen molar-refractivity contribution in [3.63, 3.8) is 0 Å². The molecule has 0 aromatic heterocycles. The number of esters is 1. The number of benzene rings is 1. The zero-order valence-electron chi connectivity index (χ0n) is 18.7. The molecule has 6 heteroatoms. The zero-order valence-corrected chi connectivity index (χ0v) is 18.7. The second kappa shape index (κ2) is 9.21. The van der Waals surface area contributed by atoms with Gasteiger partial charge < -0.3 is 18.9 Å². The van der Waals surface area contributed by atoms with Crippen LogP contribution >= 0.6 is 0 Å². The Morgan fingerprint density at radius 3 is 2.57 bits per heavy atom. The number of ketones is 1. The van der Waals surface area contributed by atoms with Crippen LogP contribution in [0.15, 0.2) is 24.2 Å². The fraction of sp³-hybridized carbons (Fsp3) is 0.583. The summed E-state index contributed by atoms with van der Waals surface area (Å²) in [6.45, 7) is 11.3. The van der Waals surface area contributed by atoms with Gasteiger partial charge >= 0.3 is 5.97 Å². The number of allylic oxidation sites excluding steroid dienone is 1. The monoisotopic (exact) mass is 416 g/mol. The standard InChI is InChI=1S/C24H32O6/c1-13(2)28-24(26)17(6)29-18-7-8-19-21(11-18)27-12-22(23(19)25)30-20-10-14(3)9-15(4)16(20)5/h9-10,12-13,17-19,21H,7-8,11H2,1-6H3. The Balaban J connectivity index is 1.63. The molecule has 0 spiro atoms. The molecule has 1 heterocycles. The van der Waals surface area contributed by atoms with Crippen molar-refractivity contribution < 1.29 is 28.5 Å². The lowest BCUT2D eigenvalue weighted by Gasteiger charge is -2.37. The highest BCUT2D eigenvalue weighted by Crippen LogP contribution is 2.36. The number of fused-ring (bicyclic) bond motifs is 1. The van der Waals surface area contributed by atoms with Crippen LogP contribution in [0.1, 0.15) is 56.7 Å². The molecule has 0 bridgehead atoms. The summed E-state index contributed by atoms with van der Waals surface area (Å²) in [6.07, 6.45) is 2.07. The van der Waals surface area contributed by atoms with Crippen molar-refractivity contribution in [2.45, 2.75) is 85.2 Å². The average Bonchev–Trinajstić information content (AvgIpc) is 2.67. The Morgan fingerprint density at radius 1 is 1.13 bits per heavy atom. The maximum Gasteiger partial charge on any atom is 0.335 e. The zero-order chi connectivity index (χ0) is 22.0. The van der Waals surface area contributed by atoms with Crippen LogP contribution in [0.3, 0.4) is 0 Å². The quantitative estimate of drug-likeness (QED) is 0.643. The molecule has 0 amide bonds. The Labute approximate surface area is 178 Å². The van der Waals surface area contributed by atoms with Gasteiger partial charge in [-0.25, -0.2) is 4.79 Å². The minimum Gasteiger partial charge on any atom is -0.493 e. The molecular formula is C24H32O6. The van der Waals surface area contributed by atoms with Crippen LogP contribution in [0.5, 0.6) is 5.75 Å². The highest BCUT2D eigenvalue weighted by molar-refractivity contribution is 5.96. The van der Waals surface area contributed by atoms with Gasteiger partial charge in [0.15, 0.2) is 6.10 Å². The summed E-state index contributed by atoms with van der Waals surface area (Å²) in [5.41, 5.74) is 3.21. The van der Waals surface area contributed by atoms with E-state index in [2.05, 4.69) is 6.07 Å². The average molecular weight is 417 g/mol. The summed E-state index contributed by atoms with van der Waals surface area (Å²) in [7, 11) is 0. The molecule has 2 aliphatic rings. The fourth-order valence-electron chi connectivity index (χ4n) is 4.03. The Kier molecular flexibility index (Phi) is 6.86. The van der Waals surface area contributed by atoms with Crippen molar-refractivity contribution in [1.29, 1.82) is 0 Å². The van der Waals surface area contributed by atoms with E-state index in [1.807, 2.05) is 40.7 Å².